The van der Waals surface area contributed by atoms with Crippen molar-refractivity contribution in [2.75, 3.05) is 0 Å². The summed E-state index contributed by atoms with van der Waals surface area (Å²) in [6, 6.07) is 39.8. The predicted molar refractivity (Wildman–Crippen MR) is 221 cm³/mol. The van der Waals surface area contributed by atoms with Crippen LogP contribution < -0.4 is 0 Å². The topological polar surface area (TPSA) is 57.4 Å². The van der Waals surface area contributed by atoms with Gasteiger partial charge in [-0.3, -0.25) is 0 Å². The van der Waals surface area contributed by atoms with E-state index in [4.69, 9.17) is 9.97 Å². The number of hydrogen-bond donors (Lipinski definition) is 2. The van der Waals surface area contributed by atoms with Gasteiger partial charge < -0.3 is 9.97 Å². The first kappa shape index (κ1) is 32.4. The van der Waals surface area contributed by atoms with Gasteiger partial charge in [0.05, 0.1) is 33.8 Å². The highest BCUT2D eigenvalue weighted by Gasteiger charge is 2.25. The number of aryl methyl sites for hydroxylation is 2. The van der Waals surface area contributed by atoms with Gasteiger partial charge in [0.2, 0.25) is 0 Å². The Morgan fingerprint density at radius 1 is 0.423 bits per heavy atom. The smallest absolute Gasteiger partial charge is 0.0769 e. The van der Waals surface area contributed by atoms with Gasteiger partial charge >= 0.3 is 0 Å². The van der Waals surface area contributed by atoms with Crippen molar-refractivity contribution in [1.29, 1.82) is 0 Å². The van der Waals surface area contributed by atoms with Gasteiger partial charge in [-0.25, -0.2) is 9.97 Å². The van der Waals surface area contributed by atoms with E-state index >= 15 is 0 Å². The molecule has 0 radical (unpaired) electrons. The minimum absolute atomic E-state index is 0.961. The van der Waals surface area contributed by atoms with Crippen molar-refractivity contribution in [1.82, 2.24) is 19.9 Å². The number of nitrogens with zero attached hydrogens (tertiary/aromatic N) is 2. The van der Waals surface area contributed by atoms with Crippen molar-refractivity contribution in [3.8, 4) is 45.0 Å². The van der Waals surface area contributed by atoms with Gasteiger partial charge in [0.15, 0.2) is 0 Å². The van der Waals surface area contributed by atoms with Gasteiger partial charge in [-0.15, -0.1) is 0 Å². The van der Waals surface area contributed by atoms with Crippen LogP contribution in [0.3, 0.4) is 0 Å². The van der Waals surface area contributed by atoms with Crippen LogP contribution in [0.2, 0.25) is 0 Å². The molecule has 2 aliphatic rings. The van der Waals surface area contributed by atoms with Crippen LogP contribution in [-0.4, -0.2) is 19.9 Å². The fourth-order valence-electron chi connectivity index (χ4n) is 8.56. The molecule has 0 amide bonds. The second-order valence-electron chi connectivity index (χ2n) is 14.6. The van der Waals surface area contributed by atoms with Gasteiger partial charge in [0, 0.05) is 66.0 Å². The zero-order valence-corrected chi connectivity index (χ0v) is 30.4. The first-order valence-corrected chi connectivity index (χ1v) is 19.5. The predicted octanol–water partition coefficient (Wildman–Crippen LogP) is 13.5. The molecule has 7 aromatic rings. The average molecular weight is 679 g/mol. The zero-order chi connectivity index (χ0) is 35.0. The molecular formula is C48H46N4. The molecule has 4 heteroatoms. The van der Waals surface area contributed by atoms with Gasteiger partial charge in [0.1, 0.15) is 0 Å². The third-order valence-corrected chi connectivity index (χ3v) is 11.2. The third kappa shape index (κ3) is 5.62. The Labute approximate surface area is 306 Å². The monoisotopic (exact) mass is 678 g/mol. The highest BCUT2D eigenvalue weighted by atomic mass is 14.8. The van der Waals surface area contributed by atoms with E-state index in [0.29, 0.717) is 0 Å². The number of hydrogen-bond acceptors (Lipinski definition) is 2. The molecule has 2 N–H and O–H groups in total. The molecule has 0 saturated carbocycles. The highest BCUT2D eigenvalue weighted by molar-refractivity contribution is 6.12. The Kier molecular flexibility index (Phi) is 8.68. The van der Waals surface area contributed by atoms with E-state index in [1.165, 1.54) is 93.4 Å². The quantitative estimate of drug-likeness (QED) is 0.141. The highest BCUT2D eigenvalue weighted by Crippen LogP contribution is 2.44. The number of rotatable bonds is 10. The lowest BCUT2D eigenvalue weighted by molar-refractivity contribution is 0.667. The number of nitrogens with one attached hydrogen (secondary N) is 2. The average Bonchev–Trinajstić information content (AvgIpc) is 3.94. The van der Waals surface area contributed by atoms with Crippen molar-refractivity contribution < 1.29 is 0 Å². The molecule has 9 rings (SSSR count). The summed E-state index contributed by atoms with van der Waals surface area (Å²) in [6.07, 6.45) is 11.5. The summed E-state index contributed by atoms with van der Waals surface area (Å²) >= 11 is 0. The van der Waals surface area contributed by atoms with Crippen LogP contribution in [0, 0.1) is 0 Å². The van der Waals surface area contributed by atoms with Crippen LogP contribution in [0.1, 0.15) is 76.3 Å². The number of H-pyrrole nitrogens is 2. The van der Waals surface area contributed by atoms with Crippen molar-refractivity contribution in [3.05, 3.63) is 120 Å². The molecule has 5 heterocycles. The number of fused-ring (bicyclic) bond motifs is 20. The minimum atomic E-state index is 0.961. The molecule has 258 valence electrons. The molecule has 0 atom stereocenters. The summed E-state index contributed by atoms with van der Waals surface area (Å²) in [7, 11) is 0. The van der Waals surface area contributed by atoms with Crippen LogP contribution >= 0.6 is 0 Å². The Balaban J connectivity index is 1.48. The van der Waals surface area contributed by atoms with Gasteiger partial charge in [0.25, 0.3) is 0 Å². The van der Waals surface area contributed by atoms with Gasteiger partial charge in [-0.2, -0.15) is 0 Å². The van der Waals surface area contributed by atoms with Crippen LogP contribution in [0.15, 0.2) is 109 Å². The Morgan fingerprint density at radius 2 is 0.827 bits per heavy atom. The minimum Gasteiger partial charge on any atom is -0.354 e. The van der Waals surface area contributed by atoms with Gasteiger partial charge in [-0.05, 0) is 37.8 Å². The summed E-state index contributed by atoms with van der Waals surface area (Å²) in [5, 5.41) is 4.90. The number of unbranched alkanes of at least 4 members (excludes halogenated alkanes) is 6. The summed E-state index contributed by atoms with van der Waals surface area (Å²) in [4.78, 5) is 19.1. The molecule has 2 aliphatic heterocycles. The van der Waals surface area contributed by atoms with Crippen LogP contribution in [-0.2, 0) is 12.8 Å². The summed E-state index contributed by atoms with van der Waals surface area (Å²) in [5.41, 5.74) is 16.1. The molecule has 4 aromatic carbocycles. The molecule has 0 spiro atoms. The zero-order valence-electron chi connectivity index (χ0n) is 30.4. The van der Waals surface area contributed by atoms with Gasteiger partial charge in [-0.1, -0.05) is 149 Å². The first-order chi connectivity index (χ1) is 25.7. The van der Waals surface area contributed by atoms with E-state index in [1.807, 2.05) is 0 Å². The first-order valence-electron chi connectivity index (χ1n) is 19.5. The van der Waals surface area contributed by atoms with E-state index in [-0.39, 0.29) is 0 Å². The molecule has 52 heavy (non-hydrogen) atoms. The maximum Gasteiger partial charge on any atom is 0.0769 e. The summed E-state index contributed by atoms with van der Waals surface area (Å²) < 4.78 is 0. The van der Waals surface area contributed by atoms with E-state index < -0.39 is 0 Å². The number of aromatic nitrogens is 4. The van der Waals surface area contributed by atoms with Crippen molar-refractivity contribution in [2.24, 2.45) is 0 Å². The largest absolute Gasteiger partial charge is 0.354 e. The third-order valence-electron chi connectivity index (χ3n) is 11.2. The molecule has 0 fully saturated rings. The molecule has 3 aromatic heterocycles. The molecular weight excluding hydrogens is 633 g/mol. The standard InChI is InChI=1S/C48H46N4/c1-3-5-7-9-27-39-45-35-23-15-13-21-33(35)43(50-45)29-41-31-19-11-12-20-32(31)42(49-41)30-44-34-22-14-16-24-36(34)46(51-44)40(28-10-8-6-4-2)48-38-26-18-17-25-37(38)47(39)52-48/h11-26,29-30,50-51H,3-10,27-28H2,1-2H3. The van der Waals surface area contributed by atoms with Crippen LogP contribution in [0.25, 0.3) is 88.6 Å². The fraction of sp³-hybridized carbons (Fsp3) is 0.250. The van der Waals surface area contributed by atoms with E-state index in [9.17, 15) is 0 Å². The second-order valence-corrected chi connectivity index (χ2v) is 14.6. The SMILES string of the molecule is CCCCCCc1c2nc(c(CCCCCC)c3[nH]c(cc4nc(cc5[nH]c1c1ccccc51)-c1ccccc1-4)c1ccccc31)-c1ccccc1-2. The lowest BCUT2D eigenvalue weighted by Gasteiger charge is -2.08. The van der Waals surface area contributed by atoms with Crippen molar-refractivity contribution in [3.63, 3.8) is 0 Å². The van der Waals surface area contributed by atoms with E-state index in [2.05, 4.69) is 133 Å². The maximum absolute atomic E-state index is 5.77. The Hall–Kier alpha value is -5.48. The van der Waals surface area contributed by atoms with Crippen LogP contribution in [0.5, 0.6) is 0 Å². The summed E-state index contributed by atoms with van der Waals surface area (Å²) in [5.74, 6) is 0. The molecule has 0 aliphatic carbocycles. The van der Waals surface area contributed by atoms with Crippen molar-refractivity contribution in [2.45, 2.75) is 78.1 Å². The summed E-state index contributed by atoms with van der Waals surface area (Å²) in [6.45, 7) is 4.58. The van der Waals surface area contributed by atoms with E-state index in [0.717, 1.165) is 70.6 Å². The number of aromatic amines is 2. The second kappa shape index (κ2) is 13.9. The lowest BCUT2D eigenvalue weighted by Crippen LogP contribution is -1.93. The maximum atomic E-state index is 5.77. The normalized spacial score (nSPS) is 12.0. The number of benzene rings is 4. The van der Waals surface area contributed by atoms with Crippen LogP contribution in [0.4, 0.5) is 0 Å². The molecule has 4 nitrogen and oxygen atoms in total. The lowest BCUT2D eigenvalue weighted by atomic mass is 9.95. The molecule has 0 saturated heterocycles. The fourth-order valence-corrected chi connectivity index (χ4v) is 8.56. The molecule has 0 unspecified atom stereocenters. The molecule has 8 bridgehead atoms. The Bertz CT molecular complexity index is 2440. The van der Waals surface area contributed by atoms with E-state index in [1.54, 1.807) is 0 Å². The van der Waals surface area contributed by atoms with Crippen molar-refractivity contribution >= 4 is 43.6 Å². The Morgan fingerprint density at radius 3 is 1.27 bits per heavy atom.